The van der Waals surface area contributed by atoms with Crippen molar-refractivity contribution in [3.8, 4) is 6.07 Å². The molecule has 1 spiro atoms. The molecule has 0 aromatic carbocycles. The Hall–Kier alpha value is -1.75. The average molecular weight is 855 g/mol. The Kier molecular flexibility index (Phi) is 11.2. The predicted molar refractivity (Wildman–Crippen MR) is 250 cm³/mol. The third-order valence-corrected chi connectivity index (χ3v) is 21.9. The first-order chi connectivity index (χ1) is 31.2. The van der Waals surface area contributed by atoms with E-state index in [1.807, 2.05) is 11.1 Å². The van der Waals surface area contributed by atoms with Gasteiger partial charge >= 0.3 is 0 Å². The molecule has 13 rings (SSSR count). The van der Waals surface area contributed by atoms with Crippen LogP contribution in [0.5, 0.6) is 0 Å². The lowest BCUT2D eigenvalue weighted by Gasteiger charge is -2.62. The molecule has 3 N–H and O–H groups in total. The Labute approximate surface area is 381 Å². The van der Waals surface area contributed by atoms with Gasteiger partial charge in [-0.15, -0.1) is 0 Å². The highest BCUT2D eigenvalue weighted by Crippen LogP contribution is 2.73. The molecule has 13 aliphatic rings. The van der Waals surface area contributed by atoms with Crippen molar-refractivity contribution < 1.29 is 9.47 Å². The summed E-state index contributed by atoms with van der Waals surface area (Å²) in [4.78, 5) is 0. The number of nitrogens with one attached hydrogen (secondary N) is 3. The molecule has 3 aliphatic heterocycles. The number of nitrogens with zero attached hydrogens (tertiary/aromatic N) is 1. The monoisotopic (exact) mass is 855 g/mol. The second kappa shape index (κ2) is 17.1. The Morgan fingerprint density at radius 3 is 2.35 bits per heavy atom. The van der Waals surface area contributed by atoms with E-state index in [0.29, 0.717) is 60.2 Å². The topological polar surface area (TPSA) is 78.3 Å². The highest BCUT2D eigenvalue weighted by atomic mass is 16.5. The number of nitriles is 1. The van der Waals surface area contributed by atoms with Crippen LogP contribution in [0.4, 0.5) is 0 Å². The third-order valence-electron chi connectivity index (χ3n) is 21.9. The van der Waals surface area contributed by atoms with Crippen LogP contribution >= 0.6 is 0 Å². The molecule has 8 fully saturated rings. The zero-order valence-corrected chi connectivity index (χ0v) is 38.8. The summed E-state index contributed by atoms with van der Waals surface area (Å²) in [5, 5.41) is 23.4. The molecule has 0 radical (unpaired) electrons. The highest BCUT2D eigenvalue weighted by molar-refractivity contribution is 5.42. The van der Waals surface area contributed by atoms with E-state index in [0.717, 1.165) is 47.8 Å². The van der Waals surface area contributed by atoms with Crippen LogP contribution < -0.4 is 16.0 Å². The van der Waals surface area contributed by atoms with Gasteiger partial charge in [0.15, 0.2) is 0 Å². The van der Waals surface area contributed by atoms with E-state index in [9.17, 15) is 5.26 Å². The largest absolute Gasteiger partial charge is 0.374 e. The van der Waals surface area contributed by atoms with Gasteiger partial charge in [0.2, 0.25) is 0 Å². The van der Waals surface area contributed by atoms with Crippen LogP contribution in [-0.2, 0) is 9.47 Å². The van der Waals surface area contributed by atoms with Gasteiger partial charge in [-0.25, -0.2) is 0 Å². The molecular formula is C57H82N4O2. The van der Waals surface area contributed by atoms with Crippen LogP contribution in [0.2, 0.25) is 0 Å². The standard InChI is InChI=1S/C57H82N4O2/c58-33-34-24-28-49-46(30-34)57(44-21-8-6-18-41(44)52-40-17-5-4-12-35(40)25-27-45(52)57)47-32-38(26-29-50(47)63-49)37-15-10-16-39(31-37)55-59-54(36-13-2-1-3-14-36)60-56(61-55)43-20-11-23-51-53(43)42-19-7-9-22-48(42)62-51/h10,13,16,24,28,34-35,37-44,46-51,53-56,59-61H,1-9,11-12,14-15,17-23,25-27,29-32H2/t34?,35?,37?,38?,39?,40?,41?,42?,43?,44-,46?,47?,48?,49?,50?,51?,53?,54?,55?,56?,57?/m0/s1. The molecular weight excluding hydrogens is 773 g/mol. The first-order valence-corrected chi connectivity index (χ1v) is 27.9. The van der Waals surface area contributed by atoms with Crippen LogP contribution in [-0.4, -0.2) is 42.9 Å². The number of rotatable bonds is 4. The minimum Gasteiger partial charge on any atom is -0.374 e. The zero-order chi connectivity index (χ0) is 41.6. The molecule has 0 aromatic rings. The molecule has 20 unspecified atom stereocenters. The first kappa shape index (κ1) is 41.4. The van der Waals surface area contributed by atoms with Crippen molar-refractivity contribution in [2.75, 3.05) is 0 Å². The fourth-order valence-corrected chi connectivity index (χ4v) is 19.7. The quantitative estimate of drug-likeness (QED) is 0.245. The molecule has 0 amide bonds. The summed E-state index contributed by atoms with van der Waals surface area (Å²) in [5.74, 6) is 8.61. The van der Waals surface area contributed by atoms with E-state index in [4.69, 9.17) is 9.47 Å². The number of ether oxygens (including phenoxy) is 2. The summed E-state index contributed by atoms with van der Waals surface area (Å²) >= 11 is 0. The molecule has 63 heavy (non-hydrogen) atoms. The normalized spacial score (nSPS) is 52.6. The maximum absolute atomic E-state index is 10.5. The molecule has 10 aliphatic carbocycles. The summed E-state index contributed by atoms with van der Waals surface area (Å²) in [6, 6.07) is 2.78. The van der Waals surface area contributed by atoms with Crippen molar-refractivity contribution in [1.82, 2.24) is 16.0 Å². The van der Waals surface area contributed by atoms with E-state index in [-0.39, 0.29) is 23.6 Å². The van der Waals surface area contributed by atoms with Crippen LogP contribution in [0.15, 0.2) is 47.1 Å². The Morgan fingerprint density at radius 1 is 0.587 bits per heavy atom. The molecule has 3 saturated heterocycles. The summed E-state index contributed by atoms with van der Waals surface area (Å²) < 4.78 is 14.3. The second-order valence-electron chi connectivity index (χ2n) is 24.4. The van der Waals surface area contributed by atoms with Gasteiger partial charge in [-0.2, -0.15) is 5.26 Å². The van der Waals surface area contributed by atoms with Crippen molar-refractivity contribution in [2.45, 2.75) is 216 Å². The number of hydrogen-bond donors (Lipinski definition) is 3. The molecule has 6 heteroatoms. The zero-order valence-electron chi connectivity index (χ0n) is 38.8. The van der Waals surface area contributed by atoms with Crippen molar-refractivity contribution in [3.63, 3.8) is 0 Å². The summed E-state index contributed by atoms with van der Waals surface area (Å²) in [6.45, 7) is 0. The molecule has 0 bridgehead atoms. The Morgan fingerprint density at radius 2 is 1.43 bits per heavy atom. The van der Waals surface area contributed by atoms with Crippen molar-refractivity contribution >= 4 is 0 Å². The number of fused-ring (bicyclic) bond motifs is 13. The summed E-state index contributed by atoms with van der Waals surface area (Å²) in [5.41, 5.74) is 5.90. The third kappa shape index (κ3) is 6.89. The first-order valence-electron chi connectivity index (χ1n) is 27.9. The SMILES string of the molecule is N#CC1C=CC2OC3CCC(C4CC=CC(C5NC(C6=CCCCC6)NC(C6CCCC7OC8CCCCC8C76)N5)C4)CC3C3(C4=C(C5CCCCC5CC4)C4CCCC[C@@H]43)C2C1. The van der Waals surface area contributed by atoms with E-state index >= 15 is 0 Å². The van der Waals surface area contributed by atoms with Gasteiger partial charge in [0, 0.05) is 17.3 Å². The van der Waals surface area contributed by atoms with Gasteiger partial charge in [0.25, 0.3) is 0 Å². The van der Waals surface area contributed by atoms with Crippen LogP contribution in [0, 0.1) is 93.7 Å². The minimum absolute atomic E-state index is 0.0383. The lowest BCUT2D eigenvalue weighted by atomic mass is 9.46. The average Bonchev–Trinajstić information content (AvgIpc) is 3.88. The Bertz CT molecular complexity index is 1880. The van der Waals surface area contributed by atoms with Gasteiger partial charge in [0.1, 0.15) is 0 Å². The van der Waals surface area contributed by atoms with Crippen LogP contribution in [0.3, 0.4) is 0 Å². The smallest absolute Gasteiger partial charge is 0.0818 e. The molecule has 21 atom stereocenters. The molecule has 0 aromatic heterocycles. The van der Waals surface area contributed by atoms with Crippen LogP contribution in [0.25, 0.3) is 0 Å². The molecule has 6 nitrogen and oxygen atoms in total. The summed E-state index contributed by atoms with van der Waals surface area (Å²) in [6.07, 6.45) is 51.3. The Balaban J connectivity index is 0.802. The maximum Gasteiger partial charge on any atom is 0.0818 e. The molecule has 5 saturated carbocycles. The fraction of sp³-hybridized carbons (Fsp3) is 0.842. The second-order valence-corrected chi connectivity index (χ2v) is 24.4. The van der Waals surface area contributed by atoms with Gasteiger partial charge in [0.05, 0.1) is 54.9 Å². The van der Waals surface area contributed by atoms with Crippen LogP contribution in [0.1, 0.15) is 173 Å². The van der Waals surface area contributed by atoms with Crippen molar-refractivity contribution in [2.24, 2.45) is 82.3 Å². The molecule has 3 heterocycles. The van der Waals surface area contributed by atoms with Crippen molar-refractivity contribution in [1.29, 1.82) is 5.26 Å². The van der Waals surface area contributed by atoms with E-state index in [1.165, 1.54) is 167 Å². The number of allylic oxidation sites excluding steroid dienone is 5. The van der Waals surface area contributed by atoms with Crippen molar-refractivity contribution in [3.05, 3.63) is 47.1 Å². The van der Waals surface area contributed by atoms with Gasteiger partial charge in [-0.3, -0.25) is 16.0 Å². The summed E-state index contributed by atoms with van der Waals surface area (Å²) in [7, 11) is 0. The van der Waals surface area contributed by atoms with E-state index in [1.54, 1.807) is 5.57 Å². The van der Waals surface area contributed by atoms with Gasteiger partial charge < -0.3 is 9.47 Å². The molecule has 342 valence electrons. The van der Waals surface area contributed by atoms with Gasteiger partial charge in [-0.1, -0.05) is 86.5 Å². The fourth-order valence-electron chi connectivity index (χ4n) is 19.7. The lowest BCUT2D eigenvalue weighted by molar-refractivity contribution is -0.206. The highest BCUT2D eigenvalue weighted by Gasteiger charge is 2.68. The van der Waals surface area contributed by atoms with Gasteiger partial charge in [-0.05, 0) is 193 Å². The van der Waals surface area contributed by atoms with E-state index < -0.39 is 0 Å². The minimum atomic E-state index is 0.0383. The maximum atomic E-state index is 10.5. The lowest BCUT2D eigenvalue weighted by Crippen LogP contribution is -2.72. The van der Waals surface area contributed by atoms with E-state index in [2.05, 4.69) is 52.4 Å². The number of hydrogen-bond acceptors (Lipinski definition) is 6. The predicted octanol–water partition coefficient (Wildman–Crippen LogP) is 11.8.